The molecule has 20 heavy (non-hydrogen) atoms. The van der Waals surface area contributed by atoms with Gasteiger partial charge in [0.2, 0.25) is 0 Å². The Kier molecular flexibility index (Phi) is 3.49. The van der Waals surface area contributed by atoms with Gasteiger partial charge in [-0.1, -0.05) is 30.7 Å². The van der Waals surface area contributed by atoms with Crippen LogP contribution in [-0.4, -0.2) is 4.57 Å². The lowest BCUT2D eigenvalue weighted by atomic mass is 10.1. The molecule has 3 aromatic rings. The van der Waals surface area contributed by atoms with Crippen molar-refractivity contribution in [3.63, 3.8) is 0 Å². The van der Waals surface area contributed by atoms with Gasteiger partial charge in [0, 0.05) is 22.3 Å². The summed E-state index contributed by atoms with van der Waals surface area (Å²) in [7, 11) is 0. The van der Waals surface area contributed by atoms with Gasteiger partial charge in [0.05, 0.1) is 6.54 Å². The smallest absolute Gasteiger partial charge is 0.129 e. The number of rotatable bonds is 3. The first-order chi connectivity index (χ1) is 9.69. The average Bonchev–Trinajstić information content (AvgIpc) is 2.85. The molecule has 0 aliphatic carbocycles. The Balaban J connectivity index is 2.03. The van der Waals surface area contributed by atoms with Crippen LogP contribution in [0.2, 0.25) is 5.02 Å². The van der Waals surface area contributed by atoms with E-state index in [0.717, 1.165) is 11.9 Å². The zero-order valence-electron chi connectivity index (χ0n) is 11.2. The van der Waals surface area contributed by atoms with E-state index in [1.165, 1.54) is 17.0 Å². The highest BCUT2D eigenvalue weighted by Gasteiger charge is 2.09. The second kappa shape index (κ2) is 5.29. The van der Waals surface area contributed by atoms with Crippen LogP contribution in [-0.2, 0) is 13.0 Å². The molecule has 0 saturated heterocycles. The van der Waals surface area contributed by atoms with Gasteiger partial charge >= 0.3 is 0 Å². The molecule has 0 atom stereocenters. The molecular formula is C17H15ClFN. The van der Waals surface area contributed by atoms with Gasteiger partial charge in [-0.2, -0.15) is 0 Å². The van der Waals surface area contributed by atoms with Gasteiger partial charge in [0.25, 0.3) is 0 Å². The van der Waals surface area contributed by atoms with Crippen molar-refractivity contribution in [3.05, 3.63) is 70.6 Å². The van der Waals surface area contributed by atoms with E-state index in [0.29, 0.717) is 17.1 Å². The summed E-state index contributed by atoms with van der Waals surface area (Å²) in [5.74, 6) is -0.260. The number of aryl methyl sites for hydroxylation is 1. The fourth-order valence-electron chi connectivity index (χ4n) is 2.46. The maximum Gasteiger partial charge on any atom is 0.129 e. The van der Waals surface area contributed by atoms with Crippen LogP contribution in [0.25, 0.3) is 10.9 Å². The number of fused-ring (bicyclic) bond motifs is 1. The molecule has 0 radical (unpaired) electrons. The summed E-state index contributed by atoms with van der Waals surface area (Å²) >= 11 is 6.09. The third kappa shape index (κ3) is 2.32. The summed E-state index contributed by atoms with van der Waals surface area (Å²) in [5.41, 5.74) is 2.94. The maximum atomic E-state index is 13.9. The molecule has 0 spiro atoms. The molecule has 3 rings (SSSR count). The standard InChI is InChI=1S/C17H15ClFN/c1-2-12-6-7-17-13(10-12)8-9-20(17)11-14-15(18)4-3-5-16(14)19/h3-10H,2,11H2,1H3. The normalized spacial score (nSPS) is 11.2. The summed E-state index contributed by atoms with van der Waals surface area (Å²) in [5, 5.41) is 1.65. The van der Waals surface area contributed by atoms with Gasteiger partial charge in [-0.3, -0.25) is 0 Å². The SMILES string of the molecule is CCc1ccc2c(ccn2Cc2c(F)cccc2Cl)c1. The van der Waals surface area contributed by atoms with Crippen molar-refractivity contribution in [3.8, 4) is 0 Å². The topological polar surface area (TPSA) is 4.93 Å². The minimum absolute atomic E-state index is 0.260. The van der Waals surface area contributed by atoms with E-state index in [9.17, 15) is 4.39 Å². The molecule has 0 fully saturated rings. The van der Waals surface area contributed by atoms with Gasteiger partial charge in [-0.05, 0) is 47.7 Å². The Morgan fingerprint density at radius 1 is 1.15 bits per heavy atom. The van der Waals surface area contributed by atoms with Crippen molar-refractivity contribution in [1.29, 1.82) is 0 Å². The Morgan fingerprint density at radius 3 is 2.75 bits per heavy atom. The Hall–Kier alpha value is -1.80. The molecule has 102 valence electrons. The highest BCUT2D eigenvalue weighted by Crippen LogP contribution is 2.24. The minimum Gasteiger partial charge on any atom is -0.343 e. The Morgan fingerprint density at radius 2 is 2.00 bits per heavy atom. The number of benzene rings is 2. The maximum absolute atomic E-state index is 13.9. The largest absolute Gasteiger partial charge is 0.343 e. The first kappa shape index (κ1) is 13.2. The zero-order valence-corrected chi connectivity index (χ0v) is 12.0. The van der Waals surface area contributed by atoms with Crippen LogP contribution in [0.1, 0.15) is 18.1 Å². The van der Waals surface area contributed by atoms with Crippen LogP contribution in [0.3, 0.4) is 0 Å². The summed E-state index contributed by atoms with van der Waals surface area (Å²) in [4.78, 5) is 0. The van der Waals surface area contributed by atoms with Crippen molar-refractivity contribution in [2.24, 2.45) is 0 Å². The molecule has 0 N–H and O–H groups in total. The summed E-state index contributed by atoms with van der Waals surface area (Å²) < 4.78 is 15.9. The van der Waals surface area contributed by atoms with Crippen molar-refractivity contribution in [2.45, 2.75) is 19.9 Å². The fraction of sp³-hybridized carbons (Fsp3) is 0.176. The van der Waals surface area contributed by atoms with Gasteiger partial charge in [0.15, 0.2) is 0 Å². The van der Waals surface area contributed by atoms with Crippen LogP contribution in [0, 0.1) is 5.82 Å². The Bertz CT molecular complexity index is 741. The summed E-state index contributed by atoms with van der Waals surface area (Å²) in [6, 6.07) is 13.2. The van der Waals surface area contributed by atoms with E-state index in [1.54, 1.807) is 12.1 Å². The van der Waals surface area contributed by atoms with Crippen LogP contribution < -0.4 is 0 Å². The molecule has 1 aromatic heterocycles. The number of hydrogen-bond donors (Lipinski definition) is 0. The van der Waals surface area contributed by atoms with Gasteiger partial charge in [-0.25, -0.2) is 4.39 Å². The molecule has 0 aliphatic heterocycles. The third-order valence-corrected chi connectivity index (χ3v) is 3.99. The van der Waals surface area contributed by atoms with Crippen molar-refractivity contribution < 1.29 is 4.39 Å². The van der Waals surface area contributed by atoms with E-state index >= 15 is 0 Å². The summed E-state index contributed by atoms with van der Waals surface area (Å²) in [6.07, 6.45) is 2.99. The highest BCUT2D eigenvalue weighted by atomic mass is 35.5. The second-order valence-electron chi connectivity index (χ2n) is 4.89. The second-order valence-corrected chi connectivity index (χ2v) is 5.30. The number of aromatic nitrogens is 1. The first-order valence-corrected chi connectivity index (χ1v) is 7.07. The quantitative estimate of drug-likeness (QED) is 0.636. The lowest BCUT2D eigenvalue weighted by molar-refractivity contribution is 0.602. The number of hydrogen-bond acceptors (Lipinski definition) is 0. The Labute approximate surface area is 122 Å². The van der Waals surface area contributed by atoms with E-state index in [-0.39, 0.29) is 5.82 Å². The monoisotopic (exact) mass is 287 g/mol. The van der Waals surface area contributed by atoms with Crippen molar-refractivity contribution >= 4 is 22.5 Å². The van der Waals surface area contributed by atoms with E-state index < -0.39 is 0 Å². The molecule has 3 heteroatoms. The number of halogens is 2. The molecule has 1 heterocycles. The lowest BCUT2D eigenvalue weighted by Gasteiger charge is -2.09. The van der Waals surface area contributed by atoms with Gasteiger partial charge in [0.1, 0.15) is 5.82 Å². The van der Waals surface area contributed by atoms with Gasteiger partial charge in [-0.15, -0.1) is 0 Å². The van der Waals surface area contributed by atoms with Gasteiger partial charge < -0.3 is 4.57 Å². The lowest BCUT2D eigenvalue weighted by Crippen LogP contribution is -2.01. The summed E-state index contributed by atoms with van der Waals surface area (Å²) in [6.45, 7) is 2.58. The van der Waals surface area contributed by atoms with Crippen LogP contribution in [0.5, 0.6) is 0 Å². The van der Waals surface area contributed by atoms with Crippen molar-refractivity contribution in [2.75, 3.05) is 0 Å². The molecule has 0 unspecified atom stereocenters. The van der Waals surface area contributed by atoms with Crippen LogP contribution >= 0.6 is 11.6 Å². The minimum atomic E-state index is -0.260. The fourth-order valence-corrected chi connectivity index (χ4v) is 2.68. The zero-order chi connectivity index (χ0) is 14.1. The van der Waals surface area contributed by atoms with Crippen LogP contribution in [0.4, 0.5) is 4.39 Å². The molecular weight excluding hydrogens is 273 g/mol. The van der Waals surface area contributed by atoms with E-state index in [2.05, 4.69) is 31.2 Å². The molecule has 2 aromatic carbocycles. The molecule has 0 saturated carbocycles. The molecule has 0 amide bonds. The van der Waals surface area contributed by atoms with Crippen LogP contribution in [0.15, 0.2) is 48.7 Å². The van der Waals surface area contributed by atoms with E-state index in [1.807, 2.05) is 10.8 Å². The number of nitrogens with zero attached hydrogens (tertiary/aromatic N) is 1. The van der Waals surface area contributed by atoms with Crippen molar-refractivity contribution in [1.82, 2.24) is 4.57 Å². The predicted molar refractivity (Wildman–Crippen MR) is 81.8 cm³/mol. The first-order valence-electron chi connectivity index (χ1n) is 6.69. The third-order valence-electron chi connectivity index (χ3n) is 3.63. The molecule has 1 nitrogen and oxygen atoms in total. The predicted octanol–water partition coefficient (Wildman–Crippen LogP) is 5.04. The molecule has 0 aliphatic rings. The van der Waals surface area contributed by atoms with E-state index in [4.69, 9.17) is 11.6 Å². The highest BCUT2D eigenvalue weighted by molar-refractivity contribution is 6.31. The molecule has 0 bridgehead atoms. The average molecular weight is 288 g/mol.